The molecule has 0 bridgehead atoms. The molecule has 2 rings (SSSR count). The number of halogens is 1. The van der Waals surface area contributed by atoms with Gasteiger partial charge in [-0.15, -0.1) is 0 Å². The molecule has 0 radical (unpaired) electrons. The lowest BCUT2D eigenvalue weighted by Crippen LogP contribution is -2.16. The fraction of sp³-hybridized carbons (Fsp3) is 0.409. The van der Waals surface area contributed by atoms with E-state index in [1.165, 1.54) is 11.1 Å². The molecule has 0 saturated heterocycles. The standard InChI is InChI=1S/C22H27IO2/c1-21(2,3)17-11-7-15(8-12-17)19(20(24)25-23)16-9-13-18(14-10-16)22(4,5)6/h7-14,19H,1-6H3. The van der Waals surface area contributed by atoms with Gasteiger partial charge in [0.25, 0.3) is 0 Å². The molecule has 0 saturated carbocycles. The van der Waals surface area contributed by atoms with Gasteiger partial charge in [-0.1, -0.05) is 90.1 Å². The molecule has 0 spiro atoms. The van der Waals surface area contributed by atoms with Crippen molar-refractivity contribution in [3.8, 4) is 0 Å². The van der Waals surface area contributed by atoms with Crippen molar-refractivity contribution >= 4 is 29.0 Å². The van der Waals surface area contributed by atoms with E-state index in [0.29, 0.717) is 0 Å². The third-order valence-electron chi connectivity index (χ3n) is 4.53. The number of benzene rings is 2. The van der Waals surface area contributed by atoms with Gasteiger partial charge >= 0.3 is 5.97 Å². The summed E-state index contributed by atoms with van der Waals surface area (Å²) in [7, 11) is 0. The van der Waals surface area contributed by atoms with Crippen LogP contribution in [-0.4, -0.2) is 5.97 Å². The molecule has 25 heavy (non-hydrogen) atoms. The van der Waals surface area contributed by atoms with Crippen LogP contribution in [0.4, 0.5) is 0 Å². The Morgan fingerprint density at radius 2 is 1.08 bits per heavy atom. The molecule has 0 aliphatic rings. The summed E-state index contributed by atoms with van der Waals surface area (Å²) in [6.07, 6.45) is 0. The normalized spacial score (nSPS) is 12.3. The Hall–Kier alpha value is -1.36. The van der Waals surface area contributed by atoms with Gasteiger partial charge in [0, 0.05) is 0 Å². The molecule has 3 heteroatoms. The van der Waals surface area contributed by atoms with E-state index in [9.17, 15) is 4.79 Å². The first-order valence-electron chi connectivity index (χ1n) is 8.57. The monoisotopic (exact) mass is 450 g/mol. The fourth-order valence-electron chi connectivity index (χ4n) is 2.86. The Morgan fingerprint density at radius 3 is 1.32 bits per heavy atom. The van der Waals surface area contributed by atoms with Gasteiger partial charge in [-0.3, -0.25) is 4.79 Å². The zero-order valence-corrected chi connectivity index (χ0v) is 18.0. The van der Waals surface area contributed by atoms with Gasteiger partial charge in [-0.05, 0) is 33.1 Å². The molecule has 0 amide bonds. The van der Waals surface area contributed by atoms with Gasteiger partial charge in [0.2, 0.25) is 0 Å². The van der Waals surface area contributed by atoms with Crippen LogP contribution in [0.5, 0.6) is 0 Å². The molecule has 2 aromatic carbocycles. The van der Waals surface area contributed by atoms with E-state index in [2.05, 4.69) is 65.8 Å². The lowest BCUT2D eigenvalue weighted by atomic mass is 9.83. The molecule has 2 aromatic rings. The first-order valence-corrected chi connectivity index (χ1v) is 9.45. The Balaban J connectivity index is 2.42. The fourth-order valence-corrected chi connectivity index (χ4v) is 3.11. The Kier molecular flexibility index (Phi) is 5.97. The van der Waals surface area contributed by atoms with Crippen LogP contribution in [-0.2, 0) is 18.7 Å². The minimum atomic E-state index is -0.403. The zero-order chi connectivity index (χ0) is 18.8. The number of rotatable bonds is 3. The van der Waals surface area contributed by atoms with E-state index in [0.717, 1.165) is 11.1 Å². The van der Waals surface area contributed by atoms with Crippen molar-refractivity contribution in [3.05, 3.63) is 70.8 Å². The van der Waals surface area contributed by atoms with Crippen molar-refractivity contribution in [1.29, 1.82) is 0 Å². The maximum Gasteiger partial charge on any atom is 0.327 e. The van der Waals surface area contributed by atoms with E-state index >= 15 is 0 Å². The van der Waals surface area contributed by atoms with Crippen molar-refractivity contribution in [2.24, 2.45) is 0 Å². The predicted octanol–water partition coefficient (Wildman–Crippen LogP) is 6.31. The highest BCUT2D eigenvalue weighted by Crippen LogP contribution is 2.31. The second-order valence-electron chi connectivity index (χ2n) is 8.57. The topological polar surface area (TPSA) is 26.3 Å². The summed E-state index contributed by atoms with van der Waals surface area (Å²) in [4.78, 5) is 12.4. The number of carbonyl (C=O) groups is 1. The molecule has 0 heterocycles. The highest BCUT2D eigenvalue weighted by molar-refractivity contribution is 14.1. The van der Waals surface area contributed by atoms with Crippen LogP contribution in [0.1, 0.15) is 69.7 Å². The lowest BCUT2D eigenvalue weighted by molar-refractivity contribution is -0.132. The molecular formula is C22H27IO2. The summed E-state index contributed by atoms with van der Waals surface area (Å²) in [5.41, 5.74) is 4.59. The molecule has 0 aromatic heterocycles. The van der Waals surface area contributed by atoms with Gasteiger partial charge < -0.3 is 3.07 Å². The highest BCUT2D eigenvalue weighted by atomic mass is 127. The third kappa shape index (κ3) is 4.84. The van der Waals surface area contributed by atoms with Crippen LogP contribution in [0.2, 0.25) is 0 Å². The average Bonchev–Trinajstić information content (AvgIpc) is 2.54. The molecule has 0 fully saturated rings. The van der Waals surface area contributed by atoms with Crippen LogP contribution >= 0.6 is 23.0 Å². The maximum absolute atomic E-state index is 12.4. The Morgan fingerprint density at radius 1 is 0.760 bits per heavy atom. The number of hydrogen-bond donors (Lipinski definition) is 0. The summed E-state index contributed by atoms with van der Waals surface area (Å²) in [5, 5.41) is 0. The van der Waals surface area contributed by atoms with Crippen molar-refractivity contribution in [2.75, 3.05) is 0 Å². The van der Waals surface area contributed by atoms with Gasteiger partial charge in [0.1, 0.15) is 5.92 Å². The lowest BCUT2D eigenvalue weighted by Gasteiger charge is -2.22. The van der Waals surface area contributed by atoms with Crippen LogP contribution in [0, 0.1) is 0 Å². The Labute approximate surface area is 165 Å². The first kappa shape index (κ1) is 20.0. The highest BCUT2D eigenvalue weighted by Gasteiger charge is 2.25. The molecule has 134 valence electrons. The number of carbonyl (C=O) groups excluding carboxylic acids is 1. The molecule has 0 atom stereocenters. The van der Waals surface area contributed by atoms with Crippen LogP contribution in [0.3, 0.4) is 0 Å². The average molecular weight is 450 g/mol. The van der Waals surface area contributed by atoms with Crippen LogP contribution < -0.4 is 0 Å². The number of hydrogen-bond acceptors (Lipinski definition) is 2. The largest absolute Gasteiger partial charge is 0.394 e. The van der Waals surface area contributed by atoms with E-state index < -0.39 is 5.92 Å². The molecule has 0 aliphatic heterocycles. The first-order chi connectivity index (χ1) is 11.5. The SMILES string of the molecule is CC(C)(C)c1ccc(C(C(=O)OI)c2ccc(C(C)(C)C)cc2)cc1. The van der Waals surface area contributed by atoms with Gasteiger partial charge in [0.15, 0.2) is 23.0 Å². The quantitative estimate of drug-likeness (QED) is 0.513. The smallest absolute Gasteiger partial charge is 0.327 e. The summed E-state index contributed by atoms with van der Waals surface area (Å²) in [6.45, 7) is 13.1. The molecule has 0 aliphatic carbocycles. The van der Waals surface area contributed by atoms with Gasteiger partial charge in [0.05, 0.1) is 0 Å². The van der Waals surface area contributed by atoms with Crippen molar-refractivity contribution in [2.45, 2.75) is 58.3 Å². The van der Waals surface area contributed by atoms with Crippen molar-refractivity contribution < 1.29 is 7.86 Å². The zero-order valence-electron chi connectivity index (χ0n) is 15.9. The minimum absolute atomic E-state index is 0.0894. The van der Waals surface area contributed by atoms with Gasteiger partial charge in [-0.25, -0.2) is 0 Å². The summed E-state index contributed by atoms with van der Waals surface area (Å²) < 4.78 is 5.05. The van der Waals surface area contributed by atoms with Crippen LogP contribution in [0.25, 0.3) is 0 Å². The molecule has 0 unspecified atom stereocenters. The summed E-state index contributed by atoms with van der Waals surface area (Å²) in [6, 6.07) is 16.6. The van der Waals surface area contributed by atoms with Crippen LogP contribution in [0.15, 0.2) is 48.5 Å². The second kappa shape index (κ2) is 7.48. The second-order valence-corrected chi connectivity index (χ2v) is 9.01. The molecule has 0 N–H and O–H groups in total. The van der Waals surface area contributed by atoms with E-state index in [1.807, 2.05) is 24.3 Å². The van der Waals surface area contributed by atoms with E-state index in [-0.39, 0.29) is 16.8 Å². The summed E-state index contributed by atoms with van der Waals surface area (Å²) in [5.74, 6) is -0.646. The molecule has 2 nitrogen and oxygen atoms in total. The predicted molar refractivity (Wildman–Crippen MR) is 112 cm³/mol. The minimum Gasteiger partial charge on any atom is -0.394 e. The Bertz CT molecular complexity index is 659. The van der Waals surface area contributed by atoms with Gasteiger partial charge in [-0.2, -0.15) is 0 Å². The van der Waals surface area contributed by atoms with Crippen molar-refractivity contribution in [3.63, 3.8) is 0 Å². The van der Waals surface area contributed by atoms with E-state index in [4.69, 9.17) is 3.07 Å². The summed E-state index contributed by atoms with van der Waals surface area (Å²) >= 11 is 1.67. The van der Waals surface area contributed by atoms with Crippen molar-refractivity contribution in [1.82, 2.24) is 0 Å². The maximum atomic E-state index is 12.4. The third-order valence-corrected chi connectivity index (χ3v) is 4.97. The van der Waals surface area contributed by atoms with E-state index in [1.54, 1.807) is 23.0 Å². The molecular weight excluding hydrogens is 423 g/mol.